The molecule has 2 saturated heterocycles. The van der Waals surface area contributed by atoms with Gasteiger partial charge in [-0.2, -0.15) is 5.10 Å². The molecule has 2 aliphatic heterocycles. The Balaban J connectivity index is 1.58. The molecule has 3 rings (SSSR count). The Labute approximate surface area is 130 Å². The predicted molar refractivity (Wildman–Crippen MR) is 81.3 cm³/mol. The van der Waals surface area contributed by atoms with E-state index in [-0.39, 0.29) is 17.9 Å². The van der Waals surface area contributed by atoms with Gasteiger partial charge in [0, 0.05) is 44.8 Å². The van der Waals surface area contributed by atoms with Gasteiger partial charge in [-0.15, -0.1) is 0 Å². The molecular formula is C15H23N5O2. The number of nitrogens with zero attached hydrogens (tertiary/aromatic N) is 3. The van der Waals surface area contributed by atoms with Gasteiger partial charge in [-0.25, -0.2) is 0 Å². The van der Waals surface area contributed by atoms with E-state index in [1.54, 1.807) is 0 Å². The first-order valence-electron chi connectivity index (χ1n) is 7.86. The van der Waals surface area contributed by atoms with E-state index in [0.29, 0.717) is 32.5 Å². The first kappa shape index (κ1) is 15.0. The molecule has 0 spiro atoms. The Morgan fingerprint density at radius 1 is 1.32 bits per heavy atom. The van der Waals surface area contributed by atoms with Gasteiger partial charge < -0.3 is 10.2 Å². The SMILES string of the molecule is Cc1n[nH]c(C)c1CCC(=O)N1CCN2CCNC(=O)[C@H]2C1. The highest BCUT2D eigenvalue weighted by molar-refractivity contribution is 5.84. The summed E-state index contributed by atoms with van der Waals surface area (Å²) >= 11 is 0. The lowest BCUT2D eigenvalue weighted by atomic mass is 10.1. The van der Waals surface area contributed by atoms with Crippen molar-refractivity contribution >= 4 is 11.8 Å². The van der Waals surface area contributed by atoms with Gasteiger partial charge in [0.2, 0.25) is 11.8 Å². The molecule has 1 aromatic heterocycles. The average molecular weight is 305 g/mol. The van der Waals surface area contributed by atoms with Crippen LogP contribution >= 0.6 is 0 Å². The normalized spacial score (nSPS) is 22.4. The van der Waals surface area contributed by atoms with Crippen molar-refractivity contribution in [3.05, 3.63) is 17.0 Å². The van der Waals surface area contributed by atoms with E-state index in [2.05, 4.69) is 20.4 Å². The monoisotopic (exact) mass is 305 g/mol. The highest BCUT2D eigenvalue weighted by atomic mass is 16.2. The Bertz CT molecular complexity index is 563. The number of aryl methyl sites for hydroxylation is 2. The summed E-state index contributed by atoms with van der Waals surface area (Å²) < 4.78 is 0. The van der Waals surface area contributed by atoms with Crippen LogP contribution in [0.4, 0.5) is 0 Å². The Morgan fingerprint density at radius 3 is 2.86 bits per heavy atom. The standard InChI is InChI=1S/C15H23N5O2/c1-10-12(11(2)18-17-10)3-4-14(21)20-8-7-19-6-5-16-15(22)13(19)9-20/h13H,3-9H2,1-2H3,(H,16,22)(H,17,18)/t13-/m1/s1. The van der Waals surface area contributed by atoms with E-state index in [1.165, 1.54) is 0 Å². The lowest BCUT2D eigenvalue weighted by Crippen LogP contribution is -2.64. The number of hydrogen-bond donors (Lipinski definition) is 2. The van der Waals surface area contributed by atoms with Crippen molar-refractivity contribution < 1.29 is 9.59 Å². The molecule has 3 heterocycles. The zero-order chi connectivity index (χ0) is 15.7. The van der Waals surface area contributed by atoms with Crippen LogP contribution in [0.1, 0.15) is 23.4 Å². The number of carbonyl (C=O) groups excluding carboxylic acids is 2. The van der Waals surface area contributed by atoms with E-state index in [9.17, 15) is 9.59 Å². The minimum absolute atomic E-state index is 0.0465. The summed E-state index contributed by atoms with van der Waals surface area (Å²) in [7, 11) is 0. The molecule has 2 aliphatic rings. The van der Waals surface area contributed by atoms with Crippen LogP contribution < -0.4 is 5.32 Å². The summed E-state index contributed by atoms with van der Waals surface area (Å²) in [5.74, 6) is 0.170. The maximum atomic E-state index is 12.4. The van der Waals surface area contributed by atoms with Crippen LogP contribution in [0.2, 0.25) is 0 Å². The number of H-pyrrole nitrogens is 1. The fourth-order valence-electron chi connectivity index (χ4n) is 3.34. The number of carbonyl (C=O) groups is 2. The molecule has 0 aliphatic carbocycles. The number of aromatic nitrogens is 2. The Morgan fingerprint density at radius 2 is 2.14 bits per heavy atom. The lowest BCUT2D eigenvalue weighted by molar-refractivity contribution is -0.139. The van der Waals surface area contributed by atoms with Gasteiger partial charge in [0.15, 0.2) is 0 Å². The molecule has 0 aromatic carbocycles. The summed E-state index contributed by atoms with van der Waals surface area (Å²) in [4.78, 5) is 28.4. The molecule has 1 aromatic rings. The van der Waals surface area contributed by atoms with Gasteiger partial charge in [0.05, 0.1) is 5.69 Å². The minimum Gasteiger partial charge on any atom is -0.353 e. The number of piperazine rings is 2. The predicted octanol–water partition coefficient (Wildman–Crippen LogP) is -0.398. The third-order valence-corrected chi connectivity index (χ3v) is 4.71. The molecule has 0 bridgehead atoms. The summed E-state index contributed by atoms with van der Waals surface area (Å²) in [6.07, 6.45) is 1.17. The van der Waals surface area contributed by atoms with Crippen molar-refractivity contribution in [2.75, 3.05) is 32.7 Å². The summed E-state index contributed by atoms with van der Waals surface area (Å²) in [5, 5.41) is 9.99. The van der Waals surface area contributed by atoms with Crippen molar-refractivity contribution in [2.24, 2.45) is 0 Å². The molecule has 2 N–H and O–H groups in total. The summed E-state index contributed by atoms with van der Waals surface area (Å²) in [5.41, 5.74) is 3.12. The molecule has 7 heteroatoms. The second-order valence-electron chi connectivity index (χ2n) is 6.10. The molecule has 22 heavy (non-hydrogen) atoms. The maximum absolute atomic E-state index is 12.4. The molecule has 0 radical (unpaired) electrons. The minimum atomic E-state index is -0.177. The number of amides is 2. The Kier molecular flexibility index (Phi) is 4.15. The van der Waals surface area contributed by atoms with Crippen LogP contribution in [0.5, 0.6) is 0 Å². The van der Waals surface area contributed by atoms with Crippen LogP contribution in [-0.2, 0) is 16.0 Å². The van der Waals surface area contributed by atoms with Crippen molar-refractivity contribution in [2.45, 2.75) is 32.7 Å². The van der Waals surface area contributed by atoms with Crippen LogP contribution in [-0.4, -0.2) is 70.6 Å². The number of fused-ring (bicyclic) bond motifs is 1. The third-order valence-electron chi connectivity index (χ3n) is 4.71. The van der Waals surface area contributed by atoms with Crippen LogP contribution in [0.25, 0.3) is 0 Å². The van der Waals surface area contributed by atoms with Crippen molar-refractivity contribution in [1.82, 2.24) is 25.3 Å². The molecule has 0 unspecified atom stereocenters. The van der Waals surface area contributed by atoms with Crippen molar-refractivity contribution in [1.29, 1.82) is 0 Å². The molecule has 120 valence electrons. The summed E-state index contributed by atoms with van der Waals surface area (Å²) in [6, 6.07) is -0.177. The molecule has 0 saturated carbocycles. The average Bonchev–Trinajstić information content (AvgIpc) is 2.84. The molecular weight excluding hydrogens is 282 g/mol. The van der Waals surface area contributed by atoms with E-state index in [1.807, 2.05) is 18.7 Å². The van der Waals surface area contributed by atoms with Crippen molar-refractivity contribution in [3.63, 3.8) is 0 Å². The number of aromatic amines is 1. The third kappa shape index (κ3) is 2.85. The highest BCUT2D eigenvalue weighted by Gasteiger charge is 2.36. The van der Waals surface area contributed by atoms with Gasteiger partial charge in [-0.3, -0.25) is 19.6 Å². The molecule has 7 nitrogen and oxygen atoms in total. The van der Waals surface area contributed by atoms with Crippen LogP contribution in [0.15, 0.2) is 0 Å². The Hall–Kier alpha value is -1.89. The van der Waals surface area contributed by atoms with E-state index >= 15 is 0 Å². The van der Waals surface area contributed by atoms with Gasteiger partial charge in [-0.05, 0) is 25.8 Å². The number of rotatable bonds is 3. The second kappa shape index (κ2) is 6.08. The van der Waals surface area contributed by atoms with Gasteiger partial charge in [0.1, 0.15) is 6.04 Å². The first-order chi connectivity index (χ1) is 10.6. The van der Waals surface area contributed by atoms with Gasteiger partial charge in [-0.1, -0.05) is 0 Å². The van der Waals surface area contributed by atoms with Crippen LogP contribution in [0, 0.1) is 13.8 Å². The summed E-state index contributed by atoms with van der Waals surface area (Å²) in [6.45, 7) is 7.53. The largest absolute Gasteiger partial charge is 0.353 e. The quantitative estimate of drug-likeness (QED) is 0.796. The second-order valence-corrected chi connectivity index (χ2v) is 6.10. The van der Waals surface area contributed by atoms with Crippen molar-refractivity contribution in [3.8, 4) is 0 Å². The molecule has 1 atom stereocenters. The highest BCUT2D eigenvalue weighted by Crippen LogP contribution is 2.16. The molecule has 2 amide bonds. The zero-order valence-electron chi connectivity index (χ0n) is 13.2. The smallest absolute Gasteiger partial charge is 0.239 e. The van der Waals surface area contributed by atoms with Gasteiger partial charge >= 0.3 is 0 Å². The van der Waals surface area contributed by atoms with Gasteiger partial charge in [0.25, 0.3) is 0 Å². The lowest BCUT2D eigenvalue weighted by Gasteiger charge is -2.43. The number of hydrogen-bond acceptors (Lipinski definition) is 4. The van der Waals surface area contributed by atoms with E-state index in [4.69, 9.17) is 0 Å². The fourth-order valence-corrected chi connectivity index (χ4v) is 3.34. The molecule has 2 fully saturated rings. The van der Waals surface area contributed by atoms with Crippen LogP contribution in [0.3, 0.4) is 0 Å². The zero-order valence-corrected chi connectivity index (χ0v) is 13.2. The van der Waals surface area contributed by atoms with E-state index in [0.717, 1.165) is 30.0 Å². The number of nitrogens with one attached hydrogen (secondary N) is 2. The maximum Gasteiger partial charge on any atom is 0.239 e. The topological polar surface area (TPSA) is 81.3 Å². The van der Waals surface area contributed by atoms with E-state index < -0.39 is 0 Å². The fraction of sp³-hybridized carbons (Fsp3) is 0.667. The first-order valence-corrected chi connectivity index (χ1v) is 7.86.